The van der Waals surface area contributed by atoms with Crippen molar-refractivity contribution >= 4 is 5.91 Å². The maximum Gasteiger partial charge on any atom is 0.239 e. The summed E-state index contributed by atoms with van der Waals surface area (Å²) in [5, 5.41) is 0. The molecule has 3 rings (SSSR count). The van der Waals surface area contributed by atoms with Crippen LogP contribution in [0.4, 0.5) is 0 Å². The predicted molar refractivity (Wildman–Crippen MR) is 97.4 cm³/mol. The average molecular weight is 329 g/mol. The van der Waals surface area contributed by atoms with Crippen LogP contribution < -0.4 is 5.73 Å². The molecular weight excluding hydrogens is 298 g/mol. The van der Waals surface area contributed by atoms with E-state index in [4.69, 9.17) is 5.73 Å². The van der Waals surface area contributed by atoms with Crippen molar-refractivity contribution in [3.05, 3.63) is 35.9 Å². The summed E-state index contributed by atoms with van der Waals surface area (Å²) in [7, 11) is 0. The van der Waals surface area contributed by atoms with Crippen LogP contribution in [0, 0.1) is 5.41 Å². The molecular formula is C20H31N3O. The van der Waals surface area contributed by atoms with E-state index >= 15 is 0 Å². The molecule has 1 amide bonds. The summed E-state index contributed by atoms with van der Waals surface area (Å²) in [5.74, 6) is 0.311. The molecule has 2 saturated heterocycles. The van der Waals surface area contributed by atoms with E-state index in [-0.39, 0.29) is 17.5 Å². The maximum absolute atomic E-state index is 13.2. The van der Waals surface area contributed by atoms with Crippen molar-refractivity contribution in [1.82, 2.24) is 9.80 Å². The Morgan fingerprint density at radius 1 is 1.17 bits per heavy atom. The number of piperidine rings is 2. The Balaban J connectivity index is 1.69. The highest BCUT2D eigenvalue weighted by Crippen LogP contribution is 2.30. The lowest BCUT2D eigenvalue weighted by atomic mass is 9.79. The Morgan fingerprint density at radius 2 is 1.92 bits per heavy atom. The van der Waals surface area contributed by atoms with E-state index in [0.717, 1.165) is 45.4 Å². The Labute approximate surface area is 146 Å². The number of likely N-dealkylation sites (tertiary alicyclic amines) is 2. The van der Waals surface area contributed by atoms with Gasteiger partial charge in [0.2, 0.25) is 5.91 Å². The van der Waals surface area contributed by atoms with Gasteiger partial charge >= 0.3 is 0 Å². The second kappa shape index (κ2) is 7.24. The molecule has 4 heteroatoms. The quantitative estimate of drug-likeness (QED) is 0.927. The molecule has 132 valence electrons. The Kier molecular flexibility index (Phi) is 5.26. The smallest absolute Gasteiger partial charge is 0.239 e. The average Bonchev–Trinajstić information content (AvgIpc) is 2.58. The fourth-order valence-electron chi connectivity index (χ4n) is 4.05. The first-order valence-corrected chi connectivity index (χ1v) is 9.30. The third-order valence-electron chi connectivity index (χ3n) is 5.75. The summed E-state index contributed by atoms with van der Waals surface area (Å²) in [4.78, 5) is 17.6. The van der Waals surface area contributed by atoms with E-state index in [1.54, 1.807) is 0 Å². The fraction of sp³-hybridized carbons (Fsp3) is 0.650. The van der Waals surface area contributed by atoms with Gasteiger partial charge in [0.1, 0.15) is 0 Å². The molecule has 0 radical (unpaired) electrons. The largest absolute Gasteiger partial charge is 0.341 e. The highest BCUT2D eigenvalue weighted by atomic mass is 16.2. The second-order valence-electron chi connectivity index (χ2n) is 8.11. The molecule has 1 aromatic carbocycles. The molecule has 2 N–H and O–H groups in total. The zero-order valence-electron chi connectivity index (χ0n) is 15.1. The van der Waals surface area contributed by atoms with E-state index in [2.05, 4.69) is 47.9 Å². The number of hydrogen-bond acceptors (Lipinski definition) is 3. The van der Waals surface area contributed by atoms with Crippen molar-refractivity contribution in [1.29, 1.82) is 0 Å². The summed E-state index contributed by atoms with van der Waals surface area (Å²) in [5.41, 5.74) is 7.53. The lowest BCUT2D eigenvalue weighted by Crippen LogP contribution is -2.58. The van der Waals surface area contributed by atoms with Crippen LogP contribution >= 0.6 is 0 Å². The molecule has 2 heterocycles. The fourth-order valence-corrected chi connectivity index (χ4v) is 4.05. The van der Waals surface area contributed by atoms with E-state index < -0.39 is 0 Å². The first kappa shape index (κ1) is 17.4. The van der Waals surface area contributed by atoms with Gasteiger partial charge < -0.3 is 10.6 Å². The number of hydrogen-bond donors (Lipinski definition) is 1. The van der Waals surface area contributed by atoms with Crippen molar-refractivity contribution in [2.75, 3.05) is 19.6 Å². The van der Waals surface area contributed by atoms with Gasteiger partial charge in [0.25, 0.3) is 0 Å². The molecule has 0 spiro atoms. The minimum absolute atomic E-state index is 0.00678. The number of carbonyl (C=O) groups is 1. The summed E-state index contributed by atoms with van der Waals surface area (Å²) < 4.78 is 0. The first-order chi connectivity index (χ1) is 11.5. The summed E-state index contributed by atoms with van der Waals surface area (Å²) in [6.07, 6.45) is 4.23. The molecule has 2 aliphatic rings. The van der Waals surface area contributed by atoms with Crippen LogP contribution in [0.15, 0.2) is 30.3 Å². The molecule has 24 heavy (non-hydrogen) atoms. The number of carbonyl (C=O) groups excluding carboxylic acids is 1. The van der Waals surface area contributed by atoms with Gasteiger partial charge in [0.05, 0.1) is 6.04 Å². The van der Waals surface area contributed by atoms with Crippen molar-refractivity contribution in [3.8, 4) is 0 Å². The summed E-state index contributed by atoms with van der Waals surface area (Å²) >= 11 is 0. The van der Waals surface area contributed by atoms with Gasteiger partial charge in [-0.15, -0.1) is 0 Å². The zero-order valence-corrected chi connectivity index (χ0v) is 15.1. The van der Waals surface area contributed by atoms with Gasteiger partial charge in [-0.05, 0) is 36.8 Å². The maximum atomic E-state index is 13.2. The summed E-state index contributed by atoms with van der Waals surface area (Å²) in [6, 6.07) is 10.7. The molecule has 2 aliphatic heterocycles. The lowest BCUT2D eigenvalue weighted by Gasteiger charge is -2.45. The van der Waals surface area contributed by atoms with Crippen LogP contribution in [-0.4, -0.2) is 47.4 Å². The number of rotatable bonds is 3. The monoisotopic (exact) mass is 329 g/mol. The number of benzene rings is 1. The normalized spacial score (nSPS) is 27.9. The topological polar surface area (TPSA) is 49.6 Å². The van der Waals surface area contributed by atoms with Gasteiger partial charge in [0.15, 0.2) is 0 Å². The highest BCUT2D eigenvalue weighted by Gasteiger charge is 2.39. The zero-order chi connectivity index (χ0) is 17.2. The van der Waals surface area contributed by atoms with Crippen LogP contribution in [0.3, 0.4) is 0 Å². The minimum Gasteiger partial charge on any atom is -0.341 e. The molecule has 0 aliphatic carbocycles. The second-order valence-corrected chi connectivity index (χ2v) is 8.11. The Morgan fingerprint density at radius 3 is 2.62 bits per heavy atom. The molecule has 4 nitrogen and oxygen atoms in total. The lowest BCUT2D eigenvalue weighted by molar-refractivity contribution is -0.142. The molecule has 0 bridgehead atoms. The number of amides is 1. The minimum atomic E-state index is 0.00678. The molecule has 2 unspecified atom stereocenters. The first-order valence-electron chi connectivity index (χ1n) is 9.30. The van der Waals surface area contributed by atoms with Crippen LogP contribution in [0.5, 0.6) is 0 Å². The van der Waals surface area contributed by atoms with Crippen LogP contribution in [0.2, 0.25) is 0 Å². The van der Waals surface area contributed by atoms with E-state index in [0.29, 0.717) is 5.91 Å². The standard InChI is InChI=1S/C20H31N3O/c1-20(2)15-23(13-11-18(20)21)19(24)17-10-6-7-12-22(17)14-16-8-4-3-5-9-16/h3-5,8-9,17-18H,6-7,10-15,21H2,1-2H3. The summed E-state index contributed by atoms with van der Waals surface area (Å²) in [6.45, 7) is 7.83. The van der Waals surface area contributed by atoms with E-state index in [1.807, 2.05) is 6.07 Å². The van der Waals surface area contributed by atoms with Crippen LogP contribution in [-0.2, 0) is 11.3 Å². The molecule has 1 aromatic rings. The third kappa shape index (κ3) is 3.81. The third-order valence-corrected chi connectivity index (χ3v) is 5.75. The predicted octanol–water partition coefficient (Wildman–Crippen LogP) is 2.63. The van der Waals surface area contributed by atoms with Gasteiger partial charge in [-0.3, -0.25) is 9.69 Å². The van der Waals surface area contributed by atoms with Crippen molar-refractivity contribution in [3.63, 3.8) is 0 Å². The molecule has 2 fully saturated rings. The van der Waals surface area contributed by atoms with E-state index in [1.165, 1.54) is 12.0 Å². The number of nitrogens with zero attached hydrogens (tertiary/aromatic N) is 2. The van der Waals surface area contributed by atoms with Gasteiger partial charge in [-0.25, -0.2) is 0 Å². The van der Waals surface area contributed by atoms with Crippen molar-refractivity contribution in [2.45, 2.75) is 58.2 Å². The Hall–Kier alpha value is -1.39. The van der Waals surface area contributed by atoms with Crippen LogP contribution in [0.1, 0.15) is 45.1 Å². The van der Waals surface area contributed by atoms with Crippen molar-refractivity contribution in [2.24, 2.45) is 11.1 Å². The van der Waals surface area contributed by atoms with E-state index in [9.17, 15) is 4.79 Å². The Bertz CT molecular complexity index is 557. The number of nitrogens with two attached hydrogens (primary N) is 1. The molecule has 0 saturated carbocycles. The van der Waals surface area contributed by atoms with Gasteiger partial charge in [-0.2, -0.15) is 0 Å². The van der Waals surface area contributed by atoms with Gasteiger partial charge in [0, 0.05) is 25.7 Å². The van der Waals surface area contributed by atoms with Gasteiger partial charge in [-0.1, -0.05) is 50.6 Å². The SMILES string of the molecule is CC1(C)CN(C(=O)C2CCCCN2Cc2ccccc2)CCC1N. The van der Waals surface area contributed by atoms with Crippen LogP contribution in [0.25, 0.3) is 0 Å². The van der Waals surface area contributed by atoms with Crippen molar-refractivity contribution < 1.29 is 4.79 Å². The molecule has 2 atom stereocenters. The molecule has 0 aromatic heterocycles. The highest BCUT2D eigenvalue weighted by molar-refractivity contribution is 5.82.